The van der Waals surface area contributed by atoms with Crippen LogP contribution in [0.1, 0.15) is 57.8 Å². The smallest absolute Gasteiger partial charge is 0.223 e. The van der Waals surface area contributed by atoms with E-state index in [0.29, 0.717) is 0 Å². The molecule has 18 heavy (non-hydrogen) atoms. The molecule has 5 heteroatoms. The normalized spacial score (nSPS) is 25.0. The van der Waals surface area contributed by atoms with Gasteiger partial charge in [-0.2, -0.15) is 0 Å². The Morgan fingerprint density at radius 1 is 1.17 bits per heavy atom. The lowest BCUT2D eigenvalue weighted by molar-refractivity contribution is -0.127. The van der Waals surface area contributed by atoms with Gasteiger partial charge in [-0.25, -0.2) is 0 Å². The van der Waals surface area contributed by atoms with Gasteiger partial charge in [0.05, 0.1) is 0 Å². The summed E-state index contributed by atoms with van der Waals surface area (Å²) in [5.74, 6) is 0.357. The third kappa shape index (κ3) is 2.60. The summed E-state index contributed by atoms with van der Waals surface area (Å²) in [7, 11) is 0. The fourth-order valence-electron chi connectivity index (χ4n) is 3.22. The van der Waals surface area contributed by atoms with Crippen LogP contribution >= 0.6 is 0 Å². The topological polar surface area (TPSA) is 87.7 Å². The Balaban J connectivity index is 2.02. The Morgan fingerprint density at radius 2 is 1.78 bits per heavy atom. The van der Waals surface area contributed by atoms with Crippen molar-refractivity contribution in [2.24, 2.45) is 16.8 Å². The molecule has 0 spiro atoms. The molecule has 2 fully saturated rings. The van der Waals surface area contributed by atoms with E-state index in [1.165, 1.54) is 6.42 Å². The van der Waals surface area contributed by atoms with Crippen LogP contribution in [0.4, 0.5) is 0 Å². The second-order valence-corrected chi connectivity index (χ2v) is 5.60. The van der Waals surface area contributed by atoms with Gasteiger partial charge in [-0.3, -0.25) is 4.79 Å². The molecule has 2 rings (SSSR count). The summed E-state index contributed by atoms with van der Waals surface area (Å²) in [6, 6.07) is 0. The zero-order valence-corrected chi connectivity index (χ0v) is 10.8. The van der Waals surface area contributed by atoms with E-state index in [1.54, 1.807) is 0 Å². The van der Waals surface area contributed by atoms with Crippen LogP contribution in [0.3, 0.4) is 0 Å². The average Bonchev–Trinajstić information content (AvgIpc) is 2.88. The fraction of sp³-hybridized carbons (Fsp3) is 0.846. The summed E-state index contributed by atoms with van der Waals surface area (Å²) in [4.78, 5) is 12.3. The first-order valence-electron chi connectivity index (χ1n) is 6.98. The van der Waals surface area contributed by atoms with Crippen LogP contribution in [0.25, 0.3) is 0 Å². The van der Waals surface area contributed by atoms with Crippen molar-refractivity contribution in [2.75, 3.05) is 0 Å². The molecule has 0 radical (unpaired) electrons. The molecule has 1 amide bonds. The van der Waals surface area contributed by atoms with Gasteiger partial charge in [0.2, 0.25) is 5.91 Å². The second-order valence-electron chi connectivity index (χ2n) is 5.60. The van der Waals surface area contributed by atoms with Gasteiger partial charge in [-0.1, -0.05) is 37.3 Å². The molecule has 2 aliphatic rings. The maximum absolute atomic E-state index is 12.3. The van der Waals surface area contributed by atoms with Crippen LogP contribution in [0.2, 0.25) is 0 Å². The highest BCUT2D eigenvalue weighted by Crippen LogP contribution is 2.31. The Kier molecular flexibility index (Phi) is 4.09. The summed E-state index contributed by atoms with van der Waals surface area (Å²) in [5, 5.41) is 15.1. The number of nitrogens with one attached hydrogen (secondary N) is 1. The minimum absolute atomic E-state index is 0.0863. The molecule has 2 saturated carbocycles. The molecule has 0 aromatic carbocycles. The minimum atomic E-state index is -0.594. The molecule has 2 aliphatic carbocycles. The average molecular weight is 253 g/mol. The molecule has 0 atom stereocenters. The summed E-state index contributed by atoms with van der Waals surface area (Å²) < 4.78 is 0. The Labute approximate surface area is 108 Å². The van der Waals surface area contributed by atoms with E-state index in [1.807, 2.05) is 0 Å². The highest BCUT2D eigenvalue weighted by molar-refractivity contribution is 5.94. The monoisotopic (exact) mass is 253 g/mol. The van der Waals surface area contributed by atoms with Gasteiger partial charge >= 0.3 is 0 Å². The van der Waals surface area contributed by atoms with Crippen LogP contribution in [0, 0.1) is 5.92 Å². The molecule has 0 saturated heterocycles. The van der Waals surface area contributed by atoms with Gasteiger partial charge in [0.25, 0.3) is 0 Å². The number of amidine groups is 1. The highest BCUT2D eigenvalue weighted by Gasteiger charge is 2.40. The van der Waals surface area contributed by atoms with Crippen molar-refractivity contribution in [1.29, 1.82) is 0 Å². The summed E-state index contributed by atoms with van der Waals surface area (Å²) >= 11 is 0. The molecular formula is C13H23N3O2. The zero-order chi connectivity index (χ0) is 13.0. The second kappa shape index (κ2) is 5.59. The number of nitrogens with two attached hydrogens (primary N) is 1. The molecule has 5 nitrogen and oxygen atoms in total. The molecule has 0 unspecified atom stereocenters. The Morgan fingerprint density at radius 3 is 2.33 bits per heavy atom. The predicted octanol–water partition coefficient (Wildman–Crippen LogP) is 1.74. The van der Waals surface area contributed by atoms with Crippen molar-refractivity contribution in [2.45, 2.75) is 63.3 Å². The van der Waals surface area contributed by atoms with E-state index in [-0.39, 0.29) is 17.7 Å². The van der Waals surface area contributed by atoms with E-state index in [4.69, 9.17) is 10.9 Å². The number of amides is 1. The van der Waals surface area contributed by atoms with Crippen LogP contribution in [0.15, 0.2) is 5.16 Å². The summed E-state index contributed by atoms with van der Waals surface area (Å²) in [6.45, 7) is 0. The van der Waals surface area contributed by atoms with Gasteiger partial charge in [0.1, 0.15) is 5.54 Å². The van der Waals surface area contributed by atoms with Crippen molar-refractivity contribution < 1.29 is 10.0 Å². The van der Waals surface area contributed by atoms with Gasteiger partial charge in [0.15, 0.2) is 5.84 Å². The largest absolute Gasteiger partial charge is 0.409 e. The molecular weight excluding hydrogens is 230 g/mol. The number of carbonyl (C=O) groups is 1. The minimum Gasteiger partial charge on any atom is -0.409 e. The molecule has 0 heterocycles. The van der Waals surface area contributed by atoms with Crippen LogP contribution in [-0.2, 0) is 4.79 Å². The number of carbonyl (C=O) groups excluding carboxylic acids is 1. The van der Waals surface area contributed by atoms with Gasteiger partial charge in [0, 0.05) is 5.92 Å². The van der Waals surface area contributed by atoms with Crippen LogP contribution < -0.4 is 11.1 Å². The summed E-state index contributed by atoms with van der Waals surface area (Å²) in [6.07, 6.45) is 9.03. The summed E-state index contributed by atoms with van der Waals surface area (Å²) in [5.41, 5.74) is 5.18. The van der Waals surface area contributed by atoms with Crippen molar-refractivity contribution in [3.8, 4) is 0 Å². The van der Waals surface area contributed by atoms with E-state index in [9.17, 15) is 4.79 Å². The van der Waals surface area contributed by atoms with E-state index >= 15 is 0 Å². The highest BCUT2D eigenvalue weighted by atomic mass is 16.4. The molecule has 0 aromatic heterocycles. The number of rotatable bonds is 3. The lowest BCUT2D eigenvalue weighted by Gasteiger charge is -2.31. The maximum Gasteiger partial charge on any atom is 0.223 e. The first kappa shape index (κ1) is 13.2. The first-order chi connectivity index (χ1) is 8.68. The predicted molar refractivity (Wildman–Crippen MR) is 69.3 cm³/mol. The SMILES string of the molecule is N/C(=N/O)C1(NC(=O)C2CCCCC2)CCCC1. The molecule has 102 valence electrons. The van der Waals surface area contributed by atoms with Gasteiger partial charge in [-0.05, 0) is 25.7 Å². The van der Waals surface area contributed by atoms with Crippen molar-refractivity contribution in [1.82, 2.24) is 5.32 Å². The van der Waals surface area contributed by atoms with Gasteiger partial charge < -0.3 is 16.3 Å². The Bertz CT molecular complexity index is 329. The standard InChI is InChI=1S/C13H23N3O2/c14-12(16-18)13(8-4-5-9-13)15-11(17)10-6-2-1-3-7-10/h10,18H,1-9H2,(H2,14,16)(H,15,17). The molecule has 0 bridgehead atoms. The van der Waals surface area contributed by atoms with Crippen LogP contribution in [-0.4, -0.2) is 22.5 Å². The zero-order valence-electron chi connectivity index (χ0n) is 10.8. The van der Waals surface area contributed by atoms with Crippen LogP contribution in [0.5, 0.6) is 0 Å². The van der Waals surface area contributed by atoms with E-state index < -0.39 is 5.54 Å². The molecule has 0 aliphatic heterocycles. The van der Waals surface area contributed by atoms with Crippen molar-refractivity contribution in [3.63, 3.8) is 0 Å². The third-order valence-electron chi connectivity index (χ3n) is 4.39. The van der Waals surface area contributed by atoms with Crippen molar-refractivity contribution in [3.05, 3.63) is 0 Å². The molecule has 4 N–H and O–H groups in total. The van der Waals surface area contributed by atoms with E-state index in [0.717, 1.165) is 51.4 Å². The number of hydrogen-bond acceptors (Lipinski definition) is 3. The number of hydrogen-bond donors (Lipinski definition) is 3. The van der Waals surface area contributed by atoms with Crippen molar-refractivity contribution >= 4 is 11.7 Å². The third-order valence-corrected chi connectivity index (χ3v) is 4.39. The number of nitrogens with zero attached hydrogens (tertiary/aromatic N) is 1. The molecule has 0 aromatic rings. The lowest BCUT2D eigenvalue weighted by atomic mass is 9.87. The quantitative estimate of drug-likeness (QED) is 0.310. The number of oxime groups is 1. The maximum atomic E-state index is 12.3. The van der Waals surface area contributed by atoms with Gasteiger partial charge in [-0.15, -0.1) is 0 Å². The Hall–Kier alpha value is -1.26. The first-order valence-corrected chi connectivity index (χ1v) is 6.98. The fourth-order valence-corrected chi connectivity index (χ4v) is 3.22. The van der Waals surface area contributed by atoms with E-state index in [2.05, 4.69) is 10.5 Å². The lowest BCUT2D eigenvalue weighted by Crippen LogP contribution is -2.57.